The number of rotatable bonds is 7. The molecule has 3 aromatic carbocycles. The lowest BCUT2D eigenvalue weighted by atomic mass is 9.98. The average molecular weight is 415 g/mol. The van der Waals surface area contributed by atoms with Crippen molar-refractivity contribution in [3.8, 4) is 11.1 Å². The third kappa shape index (κ3) is 4.61. The molecule has 4 rings (SSSR count). The highest BCUT2D eigenvalue weighted by atomic mass is 16.5. The van der Waals surface area contributed by atoms with Crippen molar-refractivity contribution in [3.05, 3.63) is 95.1 Å². The van der Waals surface area contributed by atoms with Gasteiger partial charge in [-0.3, -0.25) is 4.79 Å². The lowest BCUT2D eigenvalue weighted by Gasteiger charge is -2.16. The summed E-state index contributed by atoms with van der Waals surface area (Å²) in [6.45, 7) is 2.20. The van der Waals surface area contributed by atoms with E-state index in [9.17, 15) is 14.7 Å². The van der Waals surface area contributed by atoms with E-state index in [0.717, 1.165) is 33.4 Å². The second-order valence-electron chi connectivity index (χ2n) is 7.93. The highest BCUT2D eigenvalue weighted by molar-refractivity contribution is 5.79. The first kappa shape index (κ1) is 20.7. The molecule has 0 heterocycles. The van der Waals surface area contributed by atoms with Gasteiger partial charge in [0.05, 0.1) is 5.92 Å². The molecule has 0 radical (unpaired) electrons. The molecule has 5 heteroatoms. The normalized spacial score (nSPS) is 13.2. The van der Waals surface area contributed by atoms with Crippen molar-refractivity contribution in [2.75, 3.05) is 13.2 Å². The van der Waals surface area contributed by atoms with Crippen molar-refractivity contribution in [1.82, 2.24) is 5.32 Å². The van der Waals surface area contributed by atoms with Crippen molar-refractivity contribution in [3.63, 3.8) is 0 Å². The van der Waals surface area contributed by atoms with Gasteiger partial charge in [0, 0.05) is 12.5 Å². The Morgan fingerprint density at radius 3 is 2.10 bits per heavy atom. The highest BCUT2D eigenvalue weighted by Crippen LogP contribution is 2.44. The minimum Gasteiger partial charge on any atom is -0.481 e. The summed E-state index contributed by atoms with van der Waals surface area (Å²) < 4.78 is 5.49. The number of hydrogen-bond donors (Lipinski definition) is 2. The first-order chi connectivity index (χ1) is 15.0. The molecule has 0 aliphatic heterocycles. The van der Waals surface area contributed by atoms with Crippen LogP contribution in [0.4, 0.5) is 4.79 Å². The summed E-state index contributed by atoms with van der Waals surface area (Å²) in [5.41, 5.74) is 6.64. The van der Waals surface area contributed by atoms with E-state index in [1.165, 1.54) is 0 Å². The van der Waals surface area contributed by atoms with Gasteiger partial charge >= 0.3 is 12.1 Å². The molecule has 3 aromatic rings. The van der Waals surface area contributed by atoms with Crippen molar-refractivity contribution in [2.45, 2.75) is 19.3 Å². The molecule has 31 heavy (non-hydrogen) atoms. The molecule has 0 spiro atoms. The van der Waals surface area contributed by atoms with E-state index in [1.54, 1.807) is 0 Å². The molecular formula is C26H25NO4. The van der Waals surface area contributed by atoms with Gasteiger partial charge in [0.1, 0.15) is 6.61 Å². The van der Waals surface area contributed by atoms with Gasteiger partial charge in [0.2, 0.25) is 0 Å². The molecule has 2 N–H and O–H groups in total. The minimum absolute atomic E-state index is 0.0138. The van der Waals surface area contributed by atoms with E-state index in [4.69, 9.17) is 4.74 Å². The first-order valence-corrected chi connectivity index (χ1v) is 10.4. The fraction of sp³-hybridized carbons (Fsp3) is 0.231. The van der Waals surface area contributed by atoms with Crippen LogP contribution >= 0.6 is 0 Å². The fourth-order valence-electron chi connectivity index (χ4n) is 4.11. The van der Waals surface area contributed by atoms with Gasteiger partial charge in [0.15, 0.2) is 0 Å². The van der Waals surface area contributed by atoms with Crippen LogP contribution in [0.1, 0.15) is 28.2 Å². The Hall–Kier alpha value is -3.60. The SMILES string of the molecule is Cc1ccc(C[C@@H](CNC(=O)OCC2c3ccccc3-c3ccccc32)C(=O)O)cc1. The maximum Gasteiger partial charge on any atom is 0.407 e. The smallest absolute Gasteiger partial charge is 0.407 e. The van der Waals surface area contributed by atoms with Crippen molar-refractivity contribution in [1.29, 1.82) is 0 Å². The fourth-order valence-corrected chi connectivity index (χ4v) is 4.11. The summed E-state index contributed by atoms with van der Waals surface area (Å²) in [7, 11) is 0. The molecule has 0 aromatic heterocycles. The largest absolute Gasteiger partial charge is 0.481 e. The van der Waals surface area contributed by atoms with Crippen LogP contribution in [0.25, 0.3) is 11.1 Å². The van der Waals surface area contributed by atoms with E-state index in [2.05, 4.69) is 29.6 Å². The van der Waals surface area contributed by atoms with Crippen molar-refractivity contribution >= 4 is 12.1 Å². The number of fused-ring (bicyclic) bond motifs is 3. The summed E-state index contributed by atoms with van der Waals surface area (Å²) in [5, 5.41) is 12.2. The number of ether oxygens (including phenoxy) is 1. The molecule has 0 fully saturated rings. The molecule has 0 saturated heterocycles. The van der Waals surface area contributed by atoms with E-state index in [-0.39, 0.29) is 19.1 Å². The molecule has 0 saturated carbocycles. The van der Waals surface area contributed by atoms with Gasteiger partial charge in [-0.1, -0.05) is 78.4 Å². The van der Waals surface area contributed by atoms with Crippen molar-refractivity contribution in [2.24, 2.45) is 5.92 Å². The monoisotopic (exact) mass is 415 g/mol. The number of carboxylic acids is 1. The average Bonchev–Trinajstić information content (AvgIpc) is 3.10. The third-order valence-corrected chi connectivity index (χ3v) is 5.79. The van der Waals surface area contributed by atoms with Crippen LogP contribution in [-0.2, 0) is 16.0 Å². The first-order valence-electron chi connectivity index (χ1n) is 10.4. The molecule has 0 bridgehead atoms. The van der Waals surface area contributed by atoms with Crippen LogP contribution in [0.5, 0.6) is 0 Å². The lowest BCUT2D eigenvalue weighted by molar-refractivity contribution is -0.141. The van der Waals surface area contributed by atoms with Gasteiger partial charge in [-0.2, -0.15) is 0 Å². The maximum absolute atomic E-state index is 12.3. The number of carbonyl (C=O) groups excluding carboxylic acids is 1. The van der Waals surface area contributed by atoms with Gasteiger partial charge in [-0.05, 0) is 41.2 Å². The topological polar surface area (TPSA) is 75.6 Å². The standard InChI is InChI=1S/C26H25NO4/c1-17-10-12-18(13-11-17)14-19(25(28)29)15-27-26(30)31-16-24-22-8-4-2-6-20(22)21-7-3-5-9-23(21)24/h2-13,19,24H,14-16H2,1H3,(H,27,30)(H,28,29)/t19-/m0/s1. The van der Waals surface area contributed by atoms with E-state index in [1.807, 2.05) is 55.5 Å². The Balaban J connectivity index is 1.36. The number of nitrogens with one attached hydrogen (secondary N) is 1. The molecule has 0 unspecified atom stereocenters. The number of amides is 1. The van der Waals surface area contributed by atoms with Gasteiger partial charge in [-0.25, -0.2) is 4.79 Å². The summed E-state index contributed by atoms with van der Waals surface area (Å²) in [6.07, 6.45) is -0.253. The predicted octanol–water partition coefficient (Wildman–Crippen LogP) is 4.78. The van der Waals surface area contributed by atoms with E-state index < -0.39 is 18.0 Å². The van der Waals surface area contributed by atoms with Crippen LogP contribution in [-0.4, -0.2) is 30.3 Å². The third-order valence-electron chi connectivity index (χ3n) is 5.79. The molecule has 1 aliphatic carbocycles. The molecular weight excluding hydrogens is 390 g/mol. The zero-order valence-electron chi connectivity index (χ0n) is 17.4. The summed E-state index contributed by atoms with van der Waals surface area (Å²) in [4.78, 5) is 24.0. The Morgan fingerprint density at radius 1 is 0.935 bits per heavy atom. The van der Waals surface area contributed by atoms with Crippen LogP contribution in [0.15, 0.2) is 72.8 Å². The summed E-state index contributed by atoms with van der Waals surface area (Å²) >= 11 is 0. The number of carbonyl (C=O) groups is 2. The summed E-state index contributed by atoms with van der Waals surface area (Å²) in [6, 6.07) is 24.0. The Labute approximate surface area is 181 Å². The number of aryl methyl sites for hydroxylation is 1. The number of alkyl carbamates (subject to hydrolysis) is 1. The van der Waals surface area contributed by atoms with Crippen LogP contribution in [0, 0.1) is 12.8 Å². The minimum atomic E-state index is -0.945. The van der Waals surface area contributed by atoms with Crippen molar-refractivity contribution < 1.29 is 19.4 Å². The second-order valence-corrected chi connectivity index (χ2v) is 7.93. The molecule has 158 valence electrons. The number of carboxylic acid groups (broad SMARTS) is 1. The Kier molecular flexibility index (Phi) is 6.03. The molecule has 1 aliphatic rings. The quantitative estimate of drug-likeness (QED) is 0.582. The number of benzene rings is 3. The Bertz CT molecular complexity index is 1050. The maximum atomic E-state index is 12.3. The lowest BCUT2D eigenvalue weighted by Crippen LogP contribution is -2.35. The Morgan fingerprint density at radius 2 is 1.52 bits per heavy atom. The van der Waals surface area contributed by atoms with Crippen LogP contribution < -0.4 is 5.32 Å². The van der Waals surface area contributed by atoms with E-state index >= 15 is 0 Å². The highest BCUT2D eigenvalue weighted by Gasteiger charge is 2.29. The molecule has 1 amide bonds. The predicted molar refractivity (Wildman–Crippen MR) is 119 cm³/mol. The zero-order valence-corrected chi connectivity index (χ0v) is 17.4. The zero-order chi connectivity index (χ0) is 21.8. The van der Waals surface area contributed by atoms with Crippen LogP contribution in [0.3, 0.4) is 0 Å². The van der Waals surface area contributed by atoms with Gasteiger partial charge in [-0.15, -0.1) is 0 Å². The summed E-state index contributed by atoms with van der Waals surface area (Å²) in [5.74, 6) is -1.69. The molecule has 1 atom stereocenters. The molecule has 5 nitrogen and oxygen atoms in total. The van der Waals surface area contributed by atoms with Gasteiger partial charge in [0.25, 0.3) is 0 Å². The van der Waals surface area contributed by atoms with Gasteiger partial charge < -0.3 is 15.2 Å². The second kappa shape index (κ2) is 9.04. The van der Waals surface area contributed by atoms with E-state index in [0.29, 0.717) is 6.42 Å². The number of hydrogen-bond acceptors (Lipinski definition) is 3. The number of aliphatic carboxylic acids is 1. The van der Waals surface area contributed by atoms with Crippen LogP contribution in [0.2, 0.25) is 0 Å².